The predicted molar refractivity (Wildman–Crippen MR) is 137 cm³/mol. The summed E-state index contributed by atoms with van der Waals surface area (Å²) in [5.74, 6) is -0.0167. The highest BCUT2D eigenvalue weighted by atomic mass is 32.2. The van der Waals surface area contributed by atoms with E-state index in [1.54, 1.807) is 17.0 Å². The Morgan fingerprint density at radius 1 is 0.886 bits per heavy atom. The maximum atomic E-state index is 13.7. The Kier molecular flexibility index (Phi) is 8.21. The average Bonchev–Trinajstić information content (AvgIpc) is 2.89. The Hall–Kier alpha value is -3.16. The molecule has 7 heteroatoms. The number of sulfonamides is 1. The number of amides is 1. The third-order valence-corrected chi connectivity index (χ3v) is 7.89. The molecule has 35 heavy (non-hydrogen) atoms. The molecule has 0 aromatic heterocycles. The molecule has 0 heterocycles. The van der Waals surface area contributed by atoms with Gasteiger partial charge in [0.25, 0.3) is 5.91 Å². The first kappa shape index (κ1) is 24.9. The Balaban J connectivity index is 1.64. The second-order valence-corrected chi connectivity index (χ2v) is 10.6. The lowest BCUT2D eigenvalue weighted by molar-refractivity contribution is 0.0729. The number of ether oxygens (including phenoxy) is 1. The predicted octanol–water partition coefficient (Wildman–Crippen LogP) is 5.15. The third-order valence-electron chi connectivity index (χ3n) is 6.35. The molecule has 0 unspecified atom stereocenters. The van der Waals surface area contributed by atoms with Gasteiger partial charge in [-0.2, -0.15) is 0 Å². The fourth-order valence-corrected chi connectivity index (χ4v) is 6.01. The lowest BCUT2D eigenvalue weighted by atomic mass is 9.96. The quantitative estimate of drug-likeness (QED) is 0.448. The van der Waals surface area contributed by atoms with Gasteiger partial charge in [-0.25, -0.2) is 13.1 Å². The van der Waals surface area contributed by atoms with Gasteiger partial charge in [-0.05, 0) is 42.2 Å². The van der Waals surface area contributed by atoms with E-state index in [9.17, 15) is 13.2 Å². The normalized spacial score (nSPS) is 14.4. The number of rotatable bonds is 9. The van der Waals surface area contributed by atoms with Crippen LogP contribution in [-0.2, 0) is 23.1 Å². The van der Waals surface area contributed by atoms with E-state index in [2.05, 4.69) is 4.72 Å². The van der Waals surface area contributed by atoms with E-state index in [1.807, 2.05) is 60.7 Å². The van der Waals surface area contributed by atoms with Crippen molar-refractivity contribution in [1.29, 1.82) is 0 Å². The van der Waals surface area contributed by atoms with Crippen molar-refractivity contribution in [3.63, 3.8) is 0 Å². The second kappa shape index (κ2) is 11.5. The van der Waals surface area contributed by atoms with E-state index >= 15 is 0 Å². The molecule has 3 aromatic carbocycles. The molecule has 1 saturated carbocycles. The molecule has 0 radical (unpaired) electrons. The minimum absolute atomic E-state index is 0.00389. The van der Waals surface area contributed by atoms with Crippen molar-refractivity contribution in [2.24, 2.45) is 0 Å². The molecule has 1 fully saturated rings. The molecular formula is C28H32N2O4S. The molecule has 0 spiro atoms. The molecule has 1 amide bonds. The Morgan fingerprint density at radius 3 is 2.00 bits per heavy atom. The summed E-state index contributed by atoms with van der Waals surface area (Å²) in [5, 5.41) is 0. The summed E-state index contributed by atoms with van der Waals surface area (Å²) in [5.41, 5.74) is 2.30. The first-order valence-electron chi connectivity index (χ1n) is 12.0. The molecule has 6 nitrogen and oxygen atoms in total. The number of carbonyl (C=O) groups is 1. The van der Waals surface area contributed by atoms with Gasteiger partial charge in [-0.15, -0.1) is 0 Å². The van der Waals surface area contributed by atoms with Gasteiger partial charge in [0.2, 0.25) is 10.0 Å². The molecule has 0 aliphatic heterocycles. The van der Waals surface area contributed by atoms with Crippen molar-refractivity contribution in [2.45, 2.75) is 56.1 Å². The summed E-state index contributed by atoms with van der Waals surface area (Å²) in [6.45, 7) is 0.812. The number of nitrogens with zero attached hydrogens (tertiary/aromatic N) is 1. The molecule has 1 aliphatic rings. The first-order valence-corrected chi connectivity index (χ1v) is 13.5. The smallest absolute Gasteiger partial charge is 0.254 e. The minimum atomic E-state index is -3.85. The Labute approximate surface area is 208 Å². The molecule has 1 N–H and O–H groups in total. The topological polar surface area (TPSA) is 75.7 Å². The molecular weight excluding hydrogens is 460 g/mol. The number of nitrogens with one attached hydrogen (secondary N) is 1. The van der Waals surface area contributed by atoms with Crippen LogP contribution in [0, 0.1) is 0 Å². The van der Waals surface area contributed by atoms with Crippen molar-refractivity contribution < 1.29 is 17.9 Å². The zero-order valence-electron chi connectivity index (χ0n) is 20.0. The highest BCUT2D eigenvalue weighted by Crippen LogP contribution is 2.28. The van der Waals surface area contributed by atoms with Crippen LogP contribution in [0.5, 0.6) is 5.75 Å². The van der Waals surface area contributed by atoms with Gasteiger partial charge in [-0.1, -0.05) is 79.9 Å². The fourth-order valence-electron chi connectivity index (χ4n) is 4.51. The molecule has 1 aliphatic carbocycles. The van der Waals surface area contributed by atoms with Crippen LogP contribution in [0.25, 0.3) is 0 Å². The van der Waals surface area contributed by atoms with Gasteiger partial charge in [0.15, 0.2) is 0 Å². The van der Waals surface area contributed by atoms with E-state index in [-0.39, 0.29) is 22.6 Å². The SMILES string of the molecule is COc1ccc(C(=O)N(Cc2ccccc2)Cc2ccccc2)cc1S(=O)(=O)NC1CCCCC1. The van der Waals surface area contributed by atoms with Gasteiger partial charge < -0.3 is 9.64 Å². The zero-order chi connectivity index (χ0) is 24.7. The third kappa shape index (κ3) is 6.50. The lowest BCUT2D eigenvalue weighted by Gasteiger charge is -2.25. The number of methoxy groups -OCH3 is 1. The van der Waals surface area contributed by atoms with Crippen LogP contribution >= 0.6 is 0 Å². The Morgan fingerprint density at radius 2 is 1.46 bits per heavy atom. The molecule has 184 valence electrons. The van der Waals surface area contributed by atoms with Crippen molar-refractivity contribution in [3.05, 3.63) is 95.6 Å². The number of hydrogen-bond donors (Lipinski definition) is 1. The summed E-state index contributed by atoms with van der Waals surface area (Å²) in [7, 11) is -2.41. The van der Waals surface area contributed by atoms with Crippen LogP contribution in [-0.4, -0.2) is 32.4 Å². The number of carbonyl (C=O) groups excluding carboxylic acids is 1. The highest BCUT2D eigenvalue weighted by Gasteiger charge is 2.27. The van der Waals surface area contributed by atoms with Crippen molar-refractivity contribution >= 4 is 15.9 Å². The van der Waals surface area contributed by atoms with Crippen molar-refractivity contribution in [1.82, 2.24) is 9.62 Å². The average molecular weight is 493 g/mol. The molecule has 4 rings (SSSR count). The number of hydrogen-bond acceptors (Lipinski definition) is 4. The van der Waals surface area contributed by atoms with Crippen LogP contribution in [0.15, 0.2) is 83.8 Å². The zero-order valence-corrected chi connectivity index (χ0v) is 20.8. The van der Waals surface area contributed by atoms with E-state index in [4.69, 9.17) is 4.74 Å². The summed E-state index contributed by atoms with van der Waals surface area (Å²) in [6.07, 6.45) is 4.79. The van der Waals surface area contributed by atoms with E-state index in [0.717, 1.165) is 43.2 Å². The van der Waals surface area contributed by atoms with Gasteiger partial charge in [0.1, 0.15) is 10.6 Å². The summed E-state index contributed by atoms with van der Waals surface area (Å²) in [4.78, 5) is 15.4. The molecule has 0 bridgehead atoms. The molecule has 0 atom stereocenters. The van der Waals surface area contributed by atoms with Crippen LogP contribution in [0.4, 0.5) is 0 Å². The van der Waals surface area contributed by atoms with Gasteiger partial charge in [0, 0.05) is 24.7 Å². The van der Waals surface area contributed by atoms with E-state index < -0.39 is 10.0 Å². The van der Waals surface area contributed by atoms with Crippen LogP contribution < -0.4 is 9.46 Å². The first-order chi connectivity index (χ1) is 17.0. The molecule has 0 saturated heterocycles. The van der Waals surface area contributed by atoms with E-state index in [0.29, 0.717) is 18.7 Å². The number of benzene rings is 3. The van der Waals surface area contributed by atoms with Crippen LogP contribution in [0.2, 0.25) is 0 Å². The summed E-state index contributed by atoms with van der Waals surface area (Å²) >= 11 is 0. The van der Waals surface area contributed by atoms with Crippen molar-refractivity contribution in [2.75, 3.05) is 7.11 Å². The standard InChI is InChI=1S/C28H32N2O4S/c1-34-26-18-17-24(19-27(26)35(32,33)29-25-15-9-4-10-16-25)28(31)30(20-22-11-5-2-6-12-22)21-23-13-7-3-8-14-23/h2-3,5-8,11-14,17-19,25,29H,4,9-10,15-16,20-21H2,1H3. The molecule has 3 aromatic rings. The maximum Gasteiger partial charge on any atom is 0.254 e. The summed E-state index contributed by atoms with van der Waals surface area (Å²) in [6, 6.07) is 24.1. The largest absolute Gasteiger partial charge is 0.495 e. The van der Waals surface area contributed by atoms with Crippen molar-refractivity contribution in [3.8, 4) is 5.75 Å². The van der Waals surface area contributed by atoms with Crippen LogP contribution in [0.3, 0.4) is 0 Å². The summed E-state index contributed by atoms with van der Waals surface area (Å²) < 4.78 is 34.8. The van der Waals surface area contributed by atoms with Gasteiger partial charge in [0.05, 0.1) is 7.11 Å². The fraction of sp³-hybridized carbons (Fsp3) is 0.321. The highest BCUT2D eigenvalue weighted by molar-refractivity contribution is 7.89. The second-order valence-electron chi connectivity index (χ2n) is 8.95. The Bertz CT molecular complexity index is 1180. The monoisotopic (exact) mass is 492 g/mol. The minimum Gasteiger partial charge on any atom is -0.495 e. The van der Waals surface area contributed by atoms with E-state index in [1.165, 1.54) is 13.2 Å². The van der Waals surface area contributed by atoms with Gasteiger partial charge >= 0.3 is 0 Å². The maximum absolute atomic E-state index is 13.7. The van der Waals surface area contributed by atoms with Crippen LogP contribution in [0.1, 0.15) is 53.6 Å². The lowest BCUT2D eigenvalue weighted by Crippen LogP contribution is -2.36. The van der Waals surface area contributed by atoms with Gasteiger partial charge in [-0.3, -0.25) is 4.79 Å².